The van der Waals surface area contributed by atoms with Gasteiger partial charge in [0.25, 0.3) is 5.91 Å². The molecule has 16 heavy (non-hydrogen) atoms. The fourth-order valence-electron chi connectivity index (χ4n) is 2.73. The lowest BCUT2D eigenvalue weighted by atomic mass is 10.0. The third kappa shape index (κ3) is 2.31. The summed E-state index contributed by atoms with van der Waals surface area (Å²) in [7, 11) is 0. The maximum Gasteiger partial charge on any atom is 0.258 e. The van der Waals surface area contributed by atoms with Crippen molar-refractivity contribution in [2.75, 3.05) is 13.2 Å². The Labute approximate surface area is 106 Å². The van der Waals surface area contributed by atoms with Gasteiger partial charge in [0, 0.05) is 6.54 Å². The first-order chi connectivity index (χ1) is 7.66. The van der Waals surface area contributed by atoms with Crippen LogP contribution in [0.5, 0.6) is 0 Å². The van der Waals surface area contributed by atoms with Gasteiger partial charge in [-0.2, -0.15) is 0 Å². The van der Waals surface area contributed by atoms with Crippen molar-refractivity contribution in [3.63, 3.8) is 0 Å². The Balaban J connectivity index is 2.14. The van der Waals surface area contributed by atoms with E-state index in [1.54, 1.807) is 4.90 Å². The second-order valence-electron chi connectivity index (χ2n) is 4.50. The third-order valence-corrected chi connectivity index (χ3v) is 3.89. The van der Waals surface area contributed by atoms with E-state index in [1.165, 1.54) is 12.8 Å². The Morgan fingerprint density at radius 3 is 2.38 bits per heavy atom. The second-order valence-corrected chi connectivity index (χ2v) is 5.60. The molecule has 0 unspecified atom stereocenters. The van der Waals surface area contributed by atoms with Crippen LogP contribution in [0.1, 0.15) is 38.5 Å². The van der Waals surface area contributed by atoms with Crippen molar-refractivity contribution in [1.82, 2.24) is 4.90 Å². The molecular formula is C11H17Cl2NO2. The predicted octanol–water partition coefficient (Wildman–Crippen LogP) is 2.70. The third-order valence-electron chi connectivity index (χ3n) is 3.52. The summed E-state index contributed by atoms with van der Waals surface area (Å²) in [5.41, 5.74) is -0.407. The molecule has 0 aromatic heterocycles. The van der Waals surface area contributed by atoms with Crippen LogP contribution in [0.25, 0.3) is 0 Å². The van der Waals surface area contributed by atoms with Crippen molar-refractivity contribution in [2.45, 2.75) is 49.1 Å². The zero-order chi connectivity index (χ0) is 11.6. The molecule has 0 N–H and O–H groups in total. The summed E-state index contributed by atoms with van der Waals surface area (Å²) in [6, 6.07) is 0. The van der Waals surface area contributed by atoms with Crippen molar-refractivity contribution in [3.05, 3.63) is 0 Å². The molecule has 0 radical (unpaired) electrons. The van der Waals surface area contributed by atoms with Crippen molar-refractivity contribution in [3.8, 4) is 0 Å². The fraction of sp³-hybridized carbons (Fsp3) is 0.909. The molecule has 0 atom stereocenters. The van der Waals surface area contributed by atoms with Gasteiger partial charge in [-0.15, -0.1) is 0 Å². The monoisotopic (exact) mass is 265 g/mol. The minimum atomic E-state index is -0.971. The number of halogens is 2. The van der Waals surface area contributed by atoms with Crippen molar-refractivity contribution in [2.24, 2.45) is 0 Å². The van der Waals surface area contributed by atoms with Gasteiger partial charge in [0.05, 0.1) is 6.61 Å². The summed E-state index contributed by atoms with van der Waals surface area (Å²) in [5, 5.41) is 0. The average molecular weight is 266 g/mol. The molecule has 1 aliphatic heterocycles. The maximum atomic E-state index is 11.9. The number of hydrogen-bond donors (Lipinski definition) is 0. The topological polar surface area (TPSA) is 29.5 Å². The summed E-state index contributed by atoms with van der Waals surface area (Å²) >= 11 is 11.3. The van der Waals surface area contributed by atoms with E-state index in [0.717, 1.165) is 25.7 Å². The van der Waals surface area contributed by atoms with Crippen molar-refractivity contribution >= 4 is 29.1 Å². The van der Waals surface area contributed by atoms with Gasteiger partial charge >= 0.3 is 0 Å². The van der Waals surface area contributed by atoms with Crippen LogP contribution in [0.4, 0.5) is 0 Å². The smallest absolute Gasteiger partial charge is 0.258 e. The van der Waals surface area contributed by atoms with Crippen LogP contribution >= 0.6 is 23.2 Å². The van der Waals surface area contributed by atoms with E-state index in [-0.39, 0.29) is 5.91 Å². The molecule has 1 aliphatic carbocycles. The standard InChI is InChI=1S/C11H17Cl2NO2/c12-9(13)10(15)14-7-8-16-11(14)5-3-1-2-4-6-11/h9H,1-8H2. The zero-order valence-electron chi connectivity index (χ0n) is 9.25. The number of nitrogens with zero attached hydrogens (tertiary/aromatic N) is 1. The Morgan fingerprint density at radius 1 is 1.19 bits per heavy atom. The van der Waals surface area contributed by atoms with Gasteiger partial charge in [-0.25, -0.2) is 0 Å². The largest absolute Gasteiger partial charge is 0.354 e. The Bertz CT molecular complexity index is 263. The number of hydrogen-bond acceptors (Lipinski definition) is 2. The molecule has 1 saturated carbocycles. The van der Waals surface area contributed by atoms with Crippen molar-refractivity contribution in [1.29, 1.82) is 0 Å². The van der Waals surface area contributed by atoms with Crippen LogP contribution in [0.15, 0.2) is 0 Å². The SMILES string of the molecule is O=C(C(Cl)Cl)N1CCOC12CCCCCC2. The number of carbonyl (C=O) groups excluding carboxylic acids is 1. The summed E-state index contributed by atoms with van der Waals surface area (Å²) in [4.78, 5) is 12.7. The normalized spacial score (nSPS) is 25.1. The van der Waals surface area contributed by atoms with Crippen LogP contribution in [0, 0.1) is 0 Å². The highest BCUT2D eigenvalue weighted by atomic mass is 35.5. The molecule has 3 nitrogen and oxygen atoms in total. The van der Waals surface area contributed by atoms with E-state index in [1.807, 2.05) is 0 Å². The van der Waals surface area contributed by atoms with E-state index in [9.17, 15) is 4.79 Å². The highest BCUT2D eigenvalue weighted by molar-refractivity contribution is 6.53. The Morgan fingerprint density at radius 2 is 1.81 bits per heavy atom. The first-order valence-corrected chi connectivity index (χ1v) is 6.77. The predicted molar refractivity (Wildman–Crippen MR) is 63.6 cm³/mol. The first-order valence-electron chi connectivity index (χ1n) is 5.89. The summed E-state index contributed by atoms with van der Waals surface area (Å²) in [6.07, 6.45) is 6.49. The Kier molecular flexibility index (Phi) is 3.98. The van der Waals surface area contributed by atoms with E-state index in [4.69, 9.17) is 27.9 Å². The number of alkyl halides is 2. The first kappa shape index (κ1) is 12.5. The maximum absolute atomic E-state index is 11.9. The van der Waals surface area contributed by atoms with E-state index >= 15 is 0 Å². The van der Waals surface area contributed by atoms with Gasteiger partial charge in [0.2, 0.25) is 0 Å². The molecule has 0 aromatic rings. The molecule has 2 aliphatic rings. The molecule has 1 saturated heterocycles. The molecule has 0 bridgehead atoms. The molecule has 0 aromatic carbocycles. The summed E-state index contributed by atoms with van der Waals surface area (Å²) < 4.78 is 5.83. The number of rotatable bonds is 1. The quantitative estimate of drug-likeness (QED) is 0.683. The van der Waals surface area contributed by atoms with Gasteiger partial charge in [-0.05, 0) is 25.7 Å². The second kappa shape index (κ2) is 5.11. The number of amides is 1. The van der Waals surface area contributed by atoms with Gasteiger partial charge in [0.15, 0.2) is 4.84 Å². The lowest BCUT2D eigenvalue weighted by molar-refractivity contribution is -0.149. The zero-order valence-corrected chi connectivity index (χ0v) is 10.8. The minimum absolute atomic E-state index is 0.206. The van der Waals surface area contributed by atoms with Gasteiger partial charge in [-0.1, -0.05) is 36.0 Å². The van der Waals surface area contributed by atoms with E-state index in [2.05, 4.69) is 0 Å². The van der Waals surface area contributed by atoms with E-state index < -0.39 is 10.6 Å². The fourth-order valence-corrected chi connectivity index (χ4v) is 2.97. The van der Waals surface area contributed by atoms with Gasteiger partial charge in [0.1, 0.15) is 5.72 Å². The highest BCUT2D eigenvalue weighted by Gasteiger charge is 2.45. The number of carbonyl (C=O) groups is 1. The average Bonchev–Trinajstić information content (AvgIpc) is 2.49. The lowest BCUT2D eigenvalue weighted by Crippen LogP contribution is -2.49. The van der Waals surface area contributed by atoms with Crippen molar-refractivity contribution < 1.29 is 9.53 Å². The molecule has 2 rings (SSSR count). The molecule has 2 fully saturated rings. The van der Waals surface area contributed by atoms with Crippen LogP contribution in [-0.2, 0) is 9.53 Å². The molecule has 1 spiro atoms. The van der Waals surface area contributed by atoms with Crippen LogP contribution < -0.4 is 0 Å². The van der Waals surface area contributed by atoms with E-state index in [0.29, 0.717) is 13.2 Å². The summed E-state index contributed by atoms with van der Waals surface area (Å²) in [5.74, 6) is -0.206. The molecule has 92 valence electrons. The summed E-state index contributed by atoms with van der Waals surface area (Å²) in [6.45, 7) is 1.22. The molecule has 1 heterocycles. The number of ether oxygens (including phenoxy) is 1. The minimum Gasteiger partial charge on any atom is -0.354 e. The lowest BCUT2D eigenvalue weighted by Gasteiger charge is -2.36. The molecule has 5 heteroatoms. The molecular weight excluding hydrogens is 249 g/mol. The van der Waals surface area contributed by atoms with Gasteiger partial charge < -0.3 is 9.64 Å². The van der Waals surface area contributed by atoms with Crippen LogP contribution in [0.3, 0.4) is 0 Å². The Hall–Kier alpha value is 0.01000. The molecule has 1 amide bonds. The van der Waals surface area contributed by atoms with Gasteiger partial charge in [-0.3, -0.25) is 4.79 Å². The van der Waals surface area contributed by atoms with Crippen LogP contribution in [-0.4, -0.2) is 34.5 Å². The van der Waals surface area contributed by atoms with Crippen LogP contribution in [0.2, 0.25) is 0 Å². The highest BCUT2D eigenvalue weighted by Crippen LogP contribution is 2.37.